The van der Waals surface area contributed by atoms with Gasteiger partial charge in [0.25, 0.3) is 5.91 Å². The molecule has 13 heteroatoms. The predicted octanol–water partition coefficient (Wildman–Crippen LogP) is 5.94. The molecule has 288 valence electrons. The minimum atomic E-state index is -4.14. The first-order valence-electron chi connectivity index (χ1n) is 18.8. The van der Waals surface area contributed by atoms with Crippen LogP contribution in [0.3, 0.4) is 0 Å². The maximum absolute atomic E-state index is 14.1. The topological polar surface area (TPSA) is 138 Å². The highest BCUT2D eigenvalue weighted by atomic mass is 35.5. The third-order valence-electron chi connectivity index (χ3n) is 11.6. The van der Waals surface area contributed by atoms with Crippen LogP contribution in [0, 0.1) is 17.8 Å². The summed E-state index contributed by atoms with van der Waals surface area (Å²) >= 11 is 6.47. The average molecular weight is 771 g/mol. The number of allylic oxidation sites excluding steroid dienone is 1. The summed E-state index contributed by atoms with van der Waals surface area (Å²) in [5.41, 5.74) is 3.00. The van der Waals surface area contributed by atoms with E-state index < -0.39 is 38.5 Å². The van der Waals surface area contributed by atoms with Crippen molar-refractivity contribution in [3.63, 3.8) is 0 Å². The number of aryl methyl sites for hydroxylation is 1. The Balaban J connectivity index is 1.47. The van der Waals surface area contributed by atoms with Crippen molar-refractivity contribution >= 4 is 45.2 Å². The molecule has 1 fully saturated rings. The van der Waals surface area contributed by atoms with E-state index >= 15 is 0 Å². The summed E-state index contributed by atoms with van der Waals surface area (Å²) in [5.74, 6) is -1.37. The largest absolute Gasteiger partial charge is 0.490 e. The zero-order valence-corrected chi connectivity index (χ0v) is 32.6. The fourth-order valence-electron chi connectivity index (χ4n) is 8.35. The first-order chi connectivity index (χ1) is 25.3. The van der Waals surface area contributed by atoms with Crippen molar-refractivity contribution in [2.24, 2.45) is 17.8 Å². The molecule has 1 N–H and O–H groups in total. The van der Waals surface area contributed by atoms with E-state index in [9.17, 15) is 22.8 Å². The van der Waals surface area contributed by atoms with Crippen LogP contribution < -0.4 is 14.4 Å². The van der Waals surface area contributed by atoms with E-state index in [2.05, 4.69) is 15.7 Å². The van der Waals surface area contributed by atoms with Gasteiger partial charge in [0.15, 0.2) is 0 Å². The number of benzene rings is 2. The number of carbonyl (C=O) groups excluding carboxylic acids is 3. The normalized spacial score (nSPS) is 28.6. The zero-order chi connectivity index (χ0) is 37.9. The molecule has 2 aliphatic heterocycles. The number of sulfonamides is 1. The SMILES string of the molecule is CCOC(=O)CO[C@H]1/C=C\C[C@H](C)[C@@H](C)S(=O)(=O)NC(=O)c2cc3c(cc2CC(=O)OCC)OC[C@]2(CCCc4cc(Cl)ccc42)CN3C[C@@H]2CC[C@H]21. The number of hydrogen-bond acceptors (Lipinski definition) is 10. The molecule has 0 unspecified atom stereocenters. The Kier molecular flexibility index (Phi) is 12.1. The molecular formula is C40H51ClN2O9S. The lowest BCUT2D eigenvalue weighted by Crippen LogP contribution is -2.50. The lowest BCUT2D eigenvalue weighted by Gasteiger charge is -2.46. The van der Waals surface area contributed by atoms with Gasteiger partial charge in [-0.3, -0.25) is 9.59 Å². The van der Waals surface area contributed by atoms with E-state index in [1.807, 2.05) is 31.2 Å². The van der Waals surface area contributed by atoms with Gasteiger partial charge in [-0.15, -0.1) is 0 Å². The second kappa shape index (κ2) is 16.4. The Labute approximate surface area is 317 Å². The quantitative estimate of drug-likeness (QED) is 0.266. The Morgan fingerprint density at radius 3 is 2.58 bits per heavy atom. The van der Waals surface area contributed by atoms with Gasteiger partial charge in [-0.2, -0.15) is 0 Å². The molecule has 2 heterocycles. The third-order valence-corrected chi connectivity index (χ3v) is 13.7. The third kappa shape index (κ3) is 8.55. The second-order valence-electron chi connectivity index (χ2n) is 15.0. The number of carbonyl (C=O) groups is 3. The fourth-order valence-corrected chi connectivity index (χ4v) is 9.83. The molecule has 1 spiro atoms. The Morgan fingerprint density at radius 1 is 1.08 bits per heavy atom. The van der Waals surface area contributed by atoms with Gasteiger partial charge in [-0.05, 0) is 118 Å². The molecule has 2 bridgehead atoms. The monoisotopic (exact) mass is 770 g/mol. The molecule has 0 saturated heterocycles. The smallest absolute Gasteiger partial charge is 0.332 e. The predicted molar refractivity (Wildman–Crippen MR) is 202 cm³/mol. The minimum absolute atomic E-state index is 0.0772. The summed E-state index contributed by atoms with van der Waals surface area (Å²) < 4.78 is 53.0. The van der Waals surface area contributed by atoms with Crippen LogP contribution in [0.15, 0.2) is 42.5 Å². The lowest BCUT2D eigenvalue weighted by atomic mass is 9.68. The minimum Gasteiger partial charge on any atom is -0.490 e. The molecule has 1 saturated carbocycles. The molecule has 0 radical (unpaired) electrons. The number of hydrogen-bond donors (Lipinski definition) is 1. The number of nitrogens with zero attached hydrogens (tertiary/aromatic N) is 1. The number of ether oxygens (including phenoxy) is 4. The van der Waals surface area contributed by atoms with Crippen LogP contribution in [0.25, 0.3) is 0 Å². The summed E-state index contributed by atoms with van der Waals surface area (Å²) in [4.78, 5) is 41.6. The zero-order valence-electron chi connectivity index (χ0n) is 31.0. The summed E-state index contributed by atoms with van der Waals surface area (Å²) in [6, 6.07) is 9.43. The number of rotatable bonds is 7. The molecular weight excluding hydrogens is 720 g/mol. The highest BCUT2D eigenvalue weighted by Gasteiger charge is 2.45. The van der Waals surface area contributed by atoms with Crippen molar-refractivity contribution < 1.29 is 41.7 Å². The van der Waals surface area contributed by atoms with Gasteiger partial charge in [-0.1, -0.05) is 36.7 Å². The van der Waals surface area contributed by atoms with Crippen molar-refractivity contribution in [2.45, 2.75) is 89.4 Å². The number of esters is 2. The van der Waals surface area contributed by atoms with E-state index in [0.717, 1.165) is 32.1 Å². The van der Waals surface area contributed by atoms with Gasteiger partial charge in [-0.25, -0.2) is 17.9 Å². The van der Waals surface area contributed by atoms with Crippen LogP contribution in [0.1, 0.15) is 86.8 Å². The highest BCUT2D eigenvalue weighted by Crippen LogP contribution is 2.47. The number of anilines is 1. The highest BCUT2D eigenvalue weighted by molar-refractivity contribution is 7.90. The summed E-state index contributed by atoms with van der Waals surface area (Å²) in [7, 11) is -4.14. The van der Waals surface area contributed by atoms with Crippen molar-refractivity contribution in [1.82, 2.24) is 4.72 Å². The molecule has 6 atom stereocenters. The van der Waals surface area contributed by atoms with E-state index in [1.165, 1.54) is 11.1 Å². The maximum Gasteiger partial charge on any atom is 0.332 e. The van der Waals surface area contributed by atoms with Crippen LogP contribution in [-0.2, 0) is 52.1 Å². The van der Waals surface area contributed by atoms with Gasteiger partial charge in [0.05, 0.1) is 43.3 Å². The lowest BCUT2D eigenvalue weighted by molar-refractivity contribution is -0.151. The van der Waals surface area contributed by atoms with E-state index in [1.54, 1.807) is 32.9 Å². The standard InChI is InChI=1S/C40H51ClN2O9S/c1-5-49-37(44)19-29-18-36-34-20-32(29)39(46)42-53(47,48)26(4)25(3)9-7-11-35(51-22-38(45)50-6-2)31-14-12-28(31)21-43(34)23-40(24-52-36)16-8-10-27-17-30(41)13-15-33(27)40/h7,11,13,15,17-18,20,25-26,28,31,35H,5-6,8-10,12,14,16,19,21-24H2,1-4H3,(H,42,46)/b11-7-/t25-,26+,28-,31+,35-,40-/m0/s1. The fraction of sp³-hybridized carbons (Fsp3) is 0.575. The molecule has 2 aliphatic carbocycles. The van der Waals surface area contributed by atoms with Crippen molar-refractivity contribution in [3.8, 4) is 5.75 Å². The molecule has 0 aromatic heterocycles. The van der Waals surface area contributed by atoms with Gasteiger partial charge >= 0.3 is 11.9 Å². The van der Waals surface area contributed by atoms with Gasteiger partial charge in [0, 0.05) is 29.1 Å². The molecule has 6 rings (SSSR count). The first kappa shape index (κ1) is 39.1. The molecule has 1 amide bonds. The average Bonchev–Trinajstić information content (AvgIpc) is 3.24. The Morgan fingerprint density at radius 2 is 1.85 bits per heavy atom. The first-order valence-corrected chi connectivity index (χ1v) is 20.8. The number of fused-ring (bicyclic) bond motifs is 4. The molecule has 53 heavy (non-hydrogen) atoms. The van der Waals surface area contributed by atoms with Gasteiger partial charge in [0.2, 0.25) is 10.0 Å². The molecule has 4 aliphatic rings. The van der Waals surface area contributed by atoms with Gasteiger partial charge < -0.3 is 23.8 Å². The number of nitrogens with one attached hydrogen (secondary N) is 1. The maximum atomic E-state index is 14.1. The Bertz CT molecular complexity index is 1850. The van der Waals surface area contributed by atoms with Crippen molar-refractivity contribution in [1.29, 1.82) is 0 Å². The summed E-state index contributed by atoms with van der Waals surface area (Å²) in [5, 5.41) is -0.242. The molecule has 2 aromatic carbocycles. The van der Waals surface area contributed by atoms with Crippen LogP contribution >= 0.6 is 11.6 Å². The summed E-state index contributed by atoms with van der Waals surface area (Å²) in [6.45, 7) is 8.63. The van der Waals surface area contributed by atoms with Crippen LogP contribution in [0.2, 0.25) is 5.02 Å². The number of amides is 1. The van der Waals surface area contributed by atoms with Crippen LogP contribution in [0.5, 0.6) is 5.75 Å². The van der Waals surface area contributed by atoms with E-state index in [0.29, 0.717) is 48.1 Å². The van der Waals surface area contributed by atoms with E-state index in [4.69, 9.17) is 30.5 Å². The van der Waals surface area contributed by atoms with E-state index in [-0.39, 0.29) is 55.7 Å². The van der Waals surface area contributed by atoms with Crippen molar-refractivity contribution in [2.75, 3.05) is 44.4 Å². The van der Waals surface area contributed by atoms with Gasteiger partial charge in [0.1, 0.15) is 12.4 Å². The van der Waals surface area contributed by atoms with Crippen LogP contribution in [0.4, 0.5) is 5.69 Å². The molecule has 2 aromatic rings. The van der Waals surface area contributed by atoms with Crippen molar-refractivity contribution in [3.05, 3.63) is 69.8 Å². The summed E-state index contributed by atoms with van der Waals surface area (Å²) in [6.07, 6.45) is 8.20. The van der Waals surface area contributed by atoms with Crippen LogP contribution in [-0.4, -0.2) is 77.1 Å². The number of halogens is 1. The second-order valence-corrected chi connectivity index (χ2v) is 17.4. The Hall–Kier alpha value is -3.61. The molecule has 11 nitrogen and oxygen atoms in total.